The molecule has 0 aromatic heterocycles. The van der Waals surface area contributed by atoms with Gasteiger partial charge >= 0.3 is 0 Å². The van der Waals surface area contributed by atoms with E-state index >= 15 is 0 Å². The summed E-state index contributed by atoms with van der Waals surface area (Å²) in [7, 11) is 0. The fraction of sp³-hybridized carbons (Fsp3) is 0.182. The fourth-order valence-corrected chi connectivity index (χ4v) is 3.83. The van der Waals surface area contributed by atoms with Gasteiger partial charge in [0.25, 0.3) is 0 Å². The summed E-state index contributed by atoms with van der Waals surface area (Å²) in [5, 5.41) is 0. The molecule has 25 heavy (non-hydrogen) atoms. The zero-order chi connectivity index (χ0) is 17.1. The highest BCUT2D eigenvalue weighted by Crippen LogP contribution is 2.41. The zero-order valence-electron chi connectivity index (χ0n) is 14.0. The van der Waals surface area contributed by atoms with Crippen molar-refractivity contribution in [1.29, 1.82) is 0 Å². The molecule has 0 saturated heterocycles. The van der Waals surface area contributed by atoms with Crippen molar-refractivity contribution in [2.24, 2.45) is 0 Å². The lowest BCUT2D eigenvalue weighted by atomic mass is 10.1. The highest BCUT2D eigenvalue weighted by molar-refractivity contribution is 9.10. The van der Waals surface area contributed by atoms with Gasteiger partial charge in [-0.3, -0.25) is 0 Å². The monoisotopic (exact) mass is 393 g/mol. The van der Waals surface area contributed by atoms with Crippen LogP contribution in [0.25, 0.3) is 0 Å². The van der Waals surface area contributed by atoms with Crippen LogP contribution in [0.5, 0.6) is 5.75 Å². The molecule has 0 bridgehead atoms. The number of hydrogen-bond donors (Lipinski definition) is 0. The van der Waals surface area contributed by atoms with Crippen LogP contribution in [-0.2, 0) is 19.5 Å². The van der Waals surface area contributed by atoms with Gasteiger partial charge in [0.1, 0.15) is 5.75 Å². The van der Waals surface area contributed by atoms with Gasteiger partial charge in [0.2, 0.25) is 0 Å². The second-order valence-electron chi connectivity index (χ2n) is 6.30. The highest BCUT2D eigenvalue weighted by Gasteiger charge is 2.23. The van der Waals surface area contributed by atoms with Crippen molar-refractivity contribution in [3.8, 4) is 5.75 Å². The van der Waals surface area contributed by atoms with Gasteiger partial charge in [0.15, 0.2) is 0 Å². The molecular formula is C22H20BrNO. The minimum atomic E-state index is 0.759. The SMILES string of the molecule is Brc1ccc(N(Cc2ccccc2)Cc2ccccc2)c2c1CCO2. The number of nitrogens with zero attached hydrogens (tertiary/aromatic N) is 1. The molecule has 0 radical (unpaired) electrons. The summed E-state index contributed by atoms with van der Waals surface area (Å²) >= 11 is 3.67. The van der Waals surface area contributed by atoms with E-state index in [1.807, 2.05) is 0 Å². The minimum Gasteiger partial charge on any atom is -0.491 e. The molecule has 1 aliphatic heterocycles. The number of benzene rings is 3. The molecule has 0 fully saturated rings. The van der Waals surface area contributed by atoms with E-state index in [-0.39, 0.29) is 0 Å². The largest absolute Gasteiger partial charge is 0.491 e. The van der Waals surface area contributed by atoms with E-state index in [0.717, 1.165) is 36.3 Å². The van der Waals surface area contributed by atoms with Crippen LogP contribution in [0, 0.1) is 0 Å². The third-order valence-corrected chi connectivity index (χ3v) is 5.30. The lowest BCUT2D eigenvalue weighted by Crippen LogP contribution is -2.22. The number of ether oxygens (including phenoxy) is 1. The summed E-state index contributed by atoms with van der Waals surface area (Å²) in [6, 6.07) is 25.5. The molecule has 0 unspecified atom stereocenters. The molecule has 3 aromatic rings. The molecule has 1 aliphatic rings. The Morgan fingerprint density at radius 3 is 2.00 bits per heavy atom. The van der Waals surface area contributed by atoms with Gasteiger partial charge in [-0.2, -0.15) is 0 Å². The van der Waals surface area contributed by atoms with Crippen molar-refractivity contribution in [3.05, 3.63) is 94.0 Å². The molecule has 0 aliphatic carbocycles. The molecule has 4 rings (SSSR count). The van der Waals surface area contributed by atoms with E-state index in [2.05, 4.69) is 93.6 Å². The standard InChI is InChI=1S/C22H20BrNO/c23-20-11-12-21(22-19(20)13-14-25-22)24(15-17-7-3-1-4-8-17)16-18-9-5-2-6-10-18/h1-12H,13-16H2. The molecular weight excluding hydrogens is 374 g/mol. The molecule has 1 heterocycles. The Kier molecular flexibility index (Phi) is 4.75. The first-order valence-electron chi connectivity index (χ1n) is 8.58. The summed E-state index contributed by atoms with van der Waals surface area (Å²) in [5.74, 6) is 1.03. The first kappa shape index (κ1) is 16.2. The molecule has 0 atom stereocenters. The highest BCUT2D eigenvalue weighted by atomic mass is 79.9. The van der Waals surface area contributed by atoms with Gasteiger partial charge < -0.3 is 9.64 Å². The van der Waals surface area contributed by atoms with Gasteiger partial charge in [-0.25, -0.2) is 0 Å². The maximum Gasteiger partial charge on any atom is 0.147 e. The lowest BCUT2D eigenvalue weighted by molar-refractivity contribution is 0.356. The van der Waals surface area contributed by atoms with Gasteiger partial charge in [0, 0.05) is 29.5 Å². The smallest absolute Gasteiger partial charge is 0.147 e. The Morgan fingerprint density at radius 2 is 1.40 bits per heavy atom. The summed E-state index contributed by atoms with van der Waals surface area (Å²) in [5.41, 5.74) is 5.05. The van der Waals surface area contributed by atoms with Crippen LogP contribution in [0.1, 0.15) is 16.7 Å². The van der Waals surface area contributed by atoms with Crippen molar-refractivity contribution in [2.75, 3.05) is 11.5 Å². The van der Waals surface area contributed by atoms with Crippen LogP contribution in [0.15, 0.2) is 77.3 Å². The first-order valence-corrected chi connectivity index (χ1v) is 9.37. The summed E-state index contributed by atoms with van der Waals surface area (Å²) < 4.78 is 7.14. The van der Waals surface area contributed by atoms with Gasteiger partial charge in [-0.05, 0) is 23.3 Å². The van der Waals surface area contributed by atoms with Crippen LogP contribution >= 0.6 is 15.9 Å². The summed E-state index contributed by atoms with van der Waals surface area (Å²) in [6.07, 6.45) is 0.967. The molecule has 0 spiro atoms. The van der Waals surface area contributed by atoms with Gasteiger partial charge in [-0.1, -0.05) is 76.6 Å². The van der Waals surface area contributed by atoms with Gasteiger partial charge in [-0.15, -0.1) is 0 Å². The maximum absolute atomic E-state index is 6.00. The average Bonchev–Trinajstić information content (AvgIpc) is 3.14. The Labute approximate surface area is 157 Å². The van der Waals surface area contributed by atoms with Crippen LogP contribution in [-0.4, -0.2) is 6.61 Å². The molecule has 3 aromatic carbocycles. The Bertz CT molecular complexity index is 807. The van der Waals surface area contributed by atoms with E-state index in [1.54, 1.807) is 0 Å². The number of rotatable bonds is 5. The molecule has 2 nitrogen and oxygen atoms in total. The van der Waals surface area contributed by atoms with Crippen molar-refractivity contribution in [2.45, 2.75) is 19.5 Å². The molecule has 126 valence electrons. The molecule has 0 amide bonds. The molecule has 0 saturated carbocycles. The van der Waals surface area contributed by atoms with Crippen molar-refractivity contribution in [1.82, 2.24) is 0 Å². The number of anilines is 1. The normalized spacial score (nSPS) is 12.5. The van der Waals surface area contributed by atoms with Crippen LogP contribution in [0.3, 0.4) is 0 Å². The first-order chi connectivity index (χ1) is 12.3. The average molecular weight is 394 g/mol. The Hall–Kier alpha value is -2.26. The van der Waals surface area contributed by atoms with Crippen LogP contribution < -0.4 is 9.64 Å². The second-order valence-corrected chi connectivity index (χ2v) is 7.15. The topological polar surface area (TPSA) is 12.5 Å². The quantitative estimate of drug-likeness (QED) is 0.559. The third kappa shape index (κ3) is 3.57. The summed E-state index contributed by atoms with van der Waals surface area (Å²) in [6.45, 7) is 2.47. The lowest BCUT2D eigenvalue weighted by Gasteiger charge is -2.27. The predicted octanol–water partition coefficient (Wildman–Crippen LogP) is 5.59. The number of fused-ring (bicyclic) bond motifs is 1. The van der Waals surface area contributed by atoms with Crippen molar-refractivity contribution >= 4 is 21.6 Å². The minimum absolute atomic E-state index is 0.759. The maximum atomic E-state index is 6.00. The van der Waals surface area contributed by atoms with Crippen LogP contribution in [0.4, 0.5) is 5.69 Å². The molecule has 3 heteroatoms. The van der Waals surface area contributed by atoms with E-state index in [0.29, 0.717) is 0 Å². The van der Waals surface area contributed by atoms with E-state index < -0.39 is 0 Å². The Morgan fingerprint density at radius 1 is 0.800 bits per heavy atom. The fourth-order valence-electron chi connectivity index (χ4n) is 3.32. The van der Waals surface area contributed by atoms with Crippen molar-refractivity contribution < 1.29 is 4.74 Å². The number of hydrogen-bond acceptors (Lipinski definition) is 2. The van der Waals surface area contributed by atoms with Crippen LogP contribution in [0.2, 0.25) is 0 Å². The predicted molar refractivity (Wildman–Crippen MR) is 106 cm³/mol. The molecule has 0 N–H and O–H groups in total. The Balaban J connectivity index is 1.71. The number of halogens is 1. The summed E-state index contributed by atoms with van der Waals surface area (Å²) in [4.78, 5) is 2.40. The van der Waals surface area contributed by atoms with E-state index in [1.165, 1.54) is 22.4 Å². The second kappa shape index (κ2) is 7.32. The third-order valence-electron chi connectivity index (χ3n) is 4.55. The van der Waals surface area contributed by atoms with E-state index in [4.69, 9.17) is 4.74 Å². The van der Waals surface area contributed by atoms with E-state index in [9.17, 15) is 0 Å². The van der Waals surface area contributed by atoms with Gasteiger partial charge in [0.05, 0.1) is 12.3 Å². The zero-order valence-corrected chi connectivity index (χ0v) is 15.6. The van der Waals surface area contributed by atoms with Crippen molar-refractivity contribution in [3.63, 3.8) is 0 Å².